The predicted molar refractivity (Wildman–Crippen MR) is 69.9 cm³/mol. The van der Waals surface area contributed by atoms with Gasteiger partial charge in [0.25, 0.3) is 0 Å². The molecule has 0 atom stereocenters. The molecule has 1 heterocycles. The summed E-state index contributed by atoms with van der Waals surface area (Å²) in [6, 6.07) is 3.46. The Morgan fingerprint density at radius 3 is 2.94 bits per heavy atom. The molecular formula is C11H16N6. The molecule has 0 fully saturated rings. The number of hydrazine groups is 1. The van der Waals surface area contributed by atoms with Gasteiger partial charge in [0.05, 0.1) is 11.9 Å². The van der Waals surface area contributed by atoms with E-state index in [0.717, 1.165) is 12.1 Å². The van der Waals surface area contributed by atoms with Gasteiger partial charge in [-0.05, 0) is 18.6 Å². The van der Waals surface area contributed by atoms with Crippen LogP contribution >= 0.6 is 0 Å². The van der Waals surface area contributed by atoms with E-state index in [4.69, 9.17) is 11.3 Å². The second-order valence-corrected chi connectivity index (χ2v) is 3.24. The number of aliphatic imine (C=N–C) groups is 1. The SMILES string of the molecule is C=C(/N=C\CC)Nc1ccc(C(=N)NN)nc1. The minimum Gasteiger partial charge on any atom is -0.339 e. The summed E-state index contributed by atoms with van der Waals surface area (Å²) in [5, 5.41) is 10.4. The zero-order valence-electron chi connectivity index (χ0n) is 9.70. The van der Waals surface area contributed by atoms with Crippen molar-refractivity contribution < 1.29 is 0 Å². The van der Waals surface area contributed by atoms with E-state index in [0.29, 0.717) is 11.5 Å². The minimum absolute atomic E-state index is 0.0689. The molecule has 5 N–H and O–H groups in total. The third-order valence-corrected chi connectivity index (χ3v) is 1.88. The highest BCUT2D eigenvalue weighted by atomic mass is 15.2. The standard InChI is InChI=1S/C11H16N6/c1-3-6-14-8(2)16-9-4-5-10(15-7-9)11(12)17-13/h4-7,16H,2-3,13H2,1H3,(H2,12,17)/b14-6-. The molecule has 0 aliphatic rings. The molecule has 0 aromatic carbocycles. The molecule has 1 aromatic rings. The van der Waals surface area contributed by atoms with Crippen LogP contribution in [0.3, 0.4) is 0 Å². The third kappa shape index (κ3) is 4.04. The summed E-state index contributed by atoms with van der Waals surface area (Å²) in [4.78, 5) is 8.14. The van der Waals surface area contributed by atoms with E-state index < -0.39 is 0 Å². The summed E-state index contributed by atoms with van der Waals surface area (Å²) in [6.45, 7) is 5.75. The maximum Gasteiger partial charge on any atom is 0.158 e. The lowest BCUT2D eigenvalue weighted by molar-refractivity contribution is 1.00. The lowest BCUT2D eigenvalue weighted by atomic mass is 10.3. The van der Waals surface area contributed by atoms with Gasteiger partial charge in [-0.25, -0.2) is 10.8 Å². The van der Waals surface area contributed by atoms with E-state index in [1.807, 2.05) is 6.92 Å². The maximum absolute atomic E-state index is 7.42. The topological polar surface area (TPSA) is 99.2 Å². The number of hydrogen-bond donors (Lipinski definition) is 4. The van der Waals surface area contributed by atoms with Crippen LogP contribution in [-0.4, -0.2) is 17.0 Å². The van der Waals surface area contributed by atoms with Crippen LogP contribution in [0.15, 0.2) is 35.7 Å². The molecule has 6 heteroatoms. The highest BCUT2D eigenvalue weighted by Crippen LogP contribution is 2.08. The lowest BCUT2D eigenvalue weighted by Gasteiger charge is -2.06. The molecular weight excluding hydrogens is 216 g/mol. The van der Waals surface area contributed by atoms with Crippen molar-refractivity contribution in [2.75, 3.05) is 5.32 Å². The zero-order valence-corrected chi connectivity index (χ0v) is 9.70. The molecule has 0 aliphatic heterocycles. The van der Waals surface area contributed by atoms with E-state index in [1.165, 1.54) is 0 Å². The fraction of sp³-hybridized carbons (Fsp3) is 0.182. The first-order valence-electron chi connectivity index (χ1n) is 5.17. The number of hydrogen-bond acceptors (Lipinski definition) is 5. The Bertz CT molecular complexity index is 420. The number of nitrogens with two attached hydrogens (primary N) is 1. The maximum atomic E-state index is 7.42. The molecule has 6 nitrogen and oxygen atoms in total. The van der Waals surface area contributed by atoms with Crippen LogP contribution in [-0.2, 0) is 0 Å². The van der Waals surface area contributed by atoms with Crippen molar-refractivity contribution in [3.63, 3.8) is 0 Å². The van der Waals surface area contributed by atoms with Gasteiger partial charge in [-0.15, -0.1) is 0 Å². The van der Waals surface area contributed by atoms with Gasteiger partial charge in [0.1, 0.15) is 11.5 Å². The normalized spacial score (nSPS) is 10.2. The summed E-state index contributed by atoms with van der Waals surface area (Å²) < 4.78 is 0. The fourth-order valence-corrected chi connectivity index (χ4v) is 1.09. The number of nitrogens with zero attached hydrogens (tertiary/aromatic N) is 2. The first-order chi connectivity index (χ1) is 8.17. The van der Waals surface area contributed by atoms with Crippen molar-refractivity contribution in [2.45, 2.75) is 13.3 Å². The Balaban J connectivity index is 2.65. The molecule has 1 aromatic heterocycles. The van der Waals surface area contributed by atoms with Crippen LogP contribution in [0.1, 0.15) is 19.0 Å². The number of nitrogens with one attached hydrogen (secondary N) is 3. The quantitative estimate of drug-likeness (QED) is 0.265. The number of pyridine rings is 1. The number of rotatable bonds is 5. The molecule has 90 valence electrons. The number of anilines is 1. The van der Waals surface area contributed by atoms with E-state index in [2.05, 4.69) is 27.3 Å². The molecule has 0 aliphatic carbocycles. The molecule has 0 saturated carbocycles. The zero-order chi connectivity index (χ0) is 12.7. The summed E-state index contributed by atoms with van der Waals surface area (Å²) in [5.41, 5.74) is 3.46. The highest BCUT2D eigenvalue weighted by Gasteiger charge is 2.00. The Morgan fingerprint density at radius 1 is 1.65 bits per heavy atom. The van der Waals surface area contributed by atoms with Gasteiger partial charge in [-0.2, -0.15) is 0 Å². The Kier molecular flexibility index (Phi) is 4.83. The summed E-state index contributed by atoms with van der Waals surface area (Å²) >= 11 is 0. The third-order valence-electron chi connectivity index (χ3n) is 1.88. The monoisotopic (exact) mass is 232 g/mol. The van der Waals surface area contributed by atoms with Gasteiger partial charge in [0, 0.05) is 6.21 Å². The van der Waals surface area contributed by atoms with Crippen LogP contribution in [0.25, 0.3) is 0 Å². The van der Waals surface area contributed by atoms with Crippen molar-refractivity contribution in [1.29, 1.82) is 5.41 Å². The summed E-state index contributed by atoms with van der Waals surface area (Å²) in [5.74, 6) is 5.73. The molecule has 0 saturated heterocycles. The Labute approximate surface area is 100 Å². The molecule has 0 spiro atoms. The lowest BCUT2D eigenvalue weighted by Crippen LogP contribution is -2.30. The van der Waals surface area contributed by atoms with Crippen molar-refractivity contribution in [2.24, 2.45) is 10.8 Å². The van der Waals surface area contributed by atoms with Crippen LogP contribution < -0.4 is 16.6 Å². The first-order valence-corrected chi connectivity index (χ1v) is 5.17. The van der Waals surface area contributed by atoms with Gasteiger partial charge >= 0.3 is 0 Å². The molecule has 0 bridgehead atoms. The van der Waals surface area contributed by atoms with Crippen molar-refractivity contribution in [3.05, 3.63) is 36.4 Å². The number of amidine groups is 1. The van der Waals surface area contributed by atoms with Crippen molar-refractivity contribution in [1.82, 2.24) is 10.4 Å². The smallest absolute Gasteiger partial charge is 0.158 e. The van der Waals surface area contributed by atoms with Gasteiger partial charge in [-0.1, -0.05) is 13.5 Å². The van der Waals surface area contributed by atoms with E-state index in [9.17, 15) is 0 Å². The first kappa shape index (κ1) is 12.9. The van der Waals surface area contributed by atoms with Crippen molar-refractivity contribution in [3.8, 4) is 0 Å². The molecule has 0 amide bonds. The van der Waals surface area contributed by atoms with Crippen LogP contribution in [0.5, 0.6) is 0 Å². The minimum atomic E-state index is 0.0689. The number of aromatic nitrogens is 1. The Hall–Kier alpha value is -2.21. The van der Waals surface area contributed by atoms with Crippen molar-refractivity contribution >= 4 is 17.7 Å². The molecule has 1 rings (SSSR count). The average molecular weight is 232 g/mol. The average Bonchev–Trinajstić information content (AvgIpc) is 2.36. The van der Waals surface area contributed by atoms with E-state index in [-0.39, 0.29) is 5.84 Å². The van der Waals surface area contributed by atoms with Crippen LogP contribution in [0, 0.1) is 5.41 Å². The van der Waals surface area contributed by atoms with Crippen LogP contribution in [0.4, 0.5) is 5.69 Å². The van der Waals surface area contributed by atoms with Crippen LogP contribution in [0.2, 0.25) is 0 Å². The van der Waals surface area contributed by atoms with Gasteiger partial charge in [0.15, 0.2) is 5.84 Å². The second-order valence-electron chi connectivity index (χ2n) is 3.24. The van der Waals surface area contributed by atoms with Gasteiger partial charge in [0.2, 0.25) is 0 Å². The second kappa shape index (κ2) is 6.39. The fourth-order valence-electron chi connectivity index (χ4n) is 1.09. The van der Waals surface area contributed by atoms with E-state index in [1.54, 1.807) is 24.5 Å². The summed E-state index contributed by atoms with van der Waals surface area (Å²) in [7, 11) is 0. The van der Waals surface area contributed by atoms with E-state index >= 15 is 0 Å². The molecule has 0 radical (unpaired) electrons. The van der Waals surface area contributed by atoms with Gasteiger partial charge < -0.3 is 10.7 Å². The summed E-state index contributed by atoms with van der Waals surface area (Å²) in [6.07, 6.45) is 4.22. The molecule has 17 heavy (non-hydrogen) atoms. The largest absolute Gasteiger partial charge is 0.339 e. The van der Waals surface area contributed by atoms with Gasteiger partial charge in [-0.3, -0.25) is 10.4 Å². The Morgan fingerprint density at radius 2 is 2.41 bits per heavy atom. The molecule has 0 unspecified atom stereocenters. The predicted octanol–water partition coefficient (Wildman–Crippen LogP) is 1.23. The highest BCUT2D eigenvalue weighted by molar-refractivity contribution is 5.94.